The van der Waals surface area contributed by atoms with Gasteiger partial charge >= 0.3 is 0 Å². The average molecular weight is 257 g/mol. The molecule has 0 unspecified atom stereocenters. The summed E-state index contributed by atoms with van der Waals surface area (Å²) in [6, 6.07) is 8.63. The fourth-order valence-electron chi connectivity index (χ4n) is 2.27. The Morgan fingerprint density at radius 1 is 1.26 bits per heavy atom. The lowest BCUT2D eigenvalue weighted by molar-refractivity contribution is 0.730. The number of aryl methyl sites for hydroxylation is 2. The first kappa shape index (κ1) is 13.7. The molecule has 0 aliphatic carbocycles. The summed E-state index contributed by atoms with van der Waals surface area (Å²) in [6.07, 6.45) is 0. The van der Waals surface area contributed by atoms with Crippen LogP contribution in [0.4, 0.5) is 5.69 Å². The summed E-state index contributed by atoms with van der Waals surface area (Å²) in [5.41, 5.74) is 6.16. The van der Waals surface area contributed by atoms with E-state index in [1.54, 1.807) is 0 Å². The fraction of sp³-hybridized carbons (Fsp3) is 0.438. The van der Waals surface area contributed by atoms with E-state index in [0.29, 0.717) is 5.92 Å². The molecule has 3 heteroatoms. The Kier molecular flexibility index (Phi) is 3.93. The molecule has 0 fully saturated rings. The van der Waals surface area contributed by atoms with Gasteiger partial charge in [-0.15, -0.1) is 0 Å². The Bertz CT molecular complexity index is 567. The van der Waals surface area contributed by atoms with Gasteiger partial charge in [0.15, 0.2) is 0 Å². The number of aromatic nitrogens is 2. The maximum absolute atomic E-state index is 4.45. The van der Waals surface area contributed by atoms with Gasteiger partial charge < -0.3 is 5.32 Å². The van der Waals surface area contributed by atoms with E-state index in [9.17, 15) is 0 Å². The molecular weight excluding hydrogens is 234 g/mol. The Hall–Kier alpha value is -1.77. The Morgan fingerprint density at radius 3 is 2.58 bits per heavy atom. The van der Waals surface area contributed by atoms with Crippen molar-refractivity contribution in [3.8, 4) is 0 Å². The van der Waals surface area contributed by atoms with Crippen LogP contribution in [0.2, 0.25) is 0 Å². The lowest BCUT2D eigenvalue weighted by Crippen LogP contribution is -2.03. The van der Waals surface area contributed by atoms with Gasteiger partial charge in [-0.3, -0.25) is 4.68 Å². The van der Waals surface area contributed by atoms with Gasteiger partial charge in [-0.25, -0.2) is 0 Å². The molecule has 1 N–H and O–H groups in total. The minimum absolute atomic E-state index is 0.559. The number of hydrogen-bond acceptors (Lipinski definition) is 2. The molecule has 0 aliphatic rings. The quantitative estimate of drug-likeness (QED) is 0.903. The highest BCUT2D eigenvalue weighted by Crippen LogP contribution is 2.20. The van der Waals surface area contributed by atoms with Crippen LogP contribution in [0.25, 0.3) is 0 Å². The van der Waals surface area contributed by atoms with Crippen LogP contribution in [-0.4, -0.2) is 9.78 Å². The molecule has 1 aromatic heterocycles. The summed E-state index contributed by atoms with van der Waals surface area (Å²) in [4.78, 5) is 0. The molecule has 0 saturated heterocycles. The summed E-state index contributed by atoms with van der Waals surface area (Å²) in [7, 11) is 1.99. The zero-order valence-electron chi connectivity index (χ0n) is 12.5. The summed E-state index contributed by atoms with van der Waals surface area (Å²) in [5, 5.41) is 7.94. The highest BCUT2D eigenvalue weighted by molar-refractivity contribution is 5.47. The van der Waals surface area contributed by atoms with Gasteiger partial charge in [0, 0.05) is 30.5 Å². The van der Waals surface area contributed by atoms with Gasteiger partial charge in [0.25, 0.3) is 0 Å². The van der Waals surface area contributed by atoms with E-state index < -0.39 is 0 Å². The third kappa shape index (κ3) is 2.98. The second-order valence-corrected chi connectivity index (χ2v) is 5.41. The summed E-state index contributed by atoms with van der Waals surface area (Å²) in [6.45, 7) is 9.44. The standard InChI is InChI=1S/C16H23N3/c1-11(2)14-7-6-8-15(9-14)17-10-16-12(3)18-19(5)13(16)4/h6-9,11,17H,10H2,1-5H3. The topological polar surface area (TPSA) is 29.9 Å². The van der Waals surface area contributed by atoms with Crippen molar-refractivity contribution < 1.29 is 0 Å². The van der Waals surface area contributed by atoms with Crippen molar-refractivity contribution in [1.29, 1.82) is 0 Å². The summed E-state index contributed by atoms with van der Waals surface area (Å²) in [5.74, 6) is 0.559. The van der Waals surface area contributed by atoms with Crippen molar-refractivity contribution in [2.75, 3.05) is 5.32 Å². The molecule has 0 spiro atoms. The first-order valence-electron chi connectivity index (χ1n) is 6.82. The maximum atomic E-state index is 4.45. The Morgan fingerprint density at radius 2 is 2.00 bits per heavy atom. The average Bonchev–Trinajstić information content (AvgIpc) is 2.61. The largest absolute Gasteiger partial charge is 0.381 e. The zero-order valence-corrected chi connectivity index (χ0v) is 12.5. The maximum Gasteiger partial charge on any atom is 0.0646 e. The van der Waals surface area contributed by atoms with Crippen LogP contribution in [0.15, 0.2) is 24.3 Å². The molecule has 0 radical (unpaired) electrons. The minimum atomic E-state index is 0.559. The second-order valence-electron chi connectivity index (χ2n) is 5.41. The van der Waals surface area contributed by atoms with E-state index in [1.165, 1.54) is 22.5 Å². The third-order valence-electron chi connectivity index (χ3n) is 3.68. The van der Waals surface area contributed by atoms with E-state index in [-0.39, 0.29) is 0 Å². The van der Waals surface area contributed by atoms with Gasteiger partial charge in [0.2, 0.25) is 0 Å². The number of benzene rings is 1. The van der Waals surface area contributed by atoms with Crippen LogP contribution in [-0.2, 0) is 13.6 Å². The highest BCUT2D eigenvalue weighted by atomic mass is 15.3. The number of hydrogen-bond donors (Lipinski definition) is 1. The molecule has 1 heterocycles. The van der Waals surface area contributed by atoms with Crippen LogP contribution in [0.3, 0.4) is 0 Å². The number of anilines is 1. The highest BCUT2D eigenvalue weighted by Gasteiger charge is 2.09. The molecule has 0 atom stereocenters. The monoisotopic (exact) mass is 257 g/mol. The lowest BCUT2D eigenvalue weighted by Gasteiger charge is -2.10. The molecular formula is C16H23N3. The summed E-state index contributed by atoms with van der Waals surface area (Å²) >= 11 is 0. The molecule has 2 rings (SSSR count). The molecule has 0 bridgehead atoms. The van der Waals surface area contributed by atoms with Crippen LogP contribution < -0.4 is 5.32 Å². The predicted molar refractivity (Wildman–Crippen MR) is 80.5 cm³/mol. The Balaban J connectivity index is 2.12. The van der Waals surface area contributed by atoms with E-state index in [1.807, 2.05) is 11.7 Å². The van der Waals surface area contributed by atoms with Crippen molar-refractivity contribution in [2.45, 2.75) is 40.2 Å². The molecule has 0 aliphatic heterocycles. The van der Waals surface area contributed by atoms with Crippen molar-refractivity contribution in [3.05, 3.63) is 46.8 Å². The van der Waals surface area contributed by atoms with E-state index >= 15 is 0 Å². The van der Waals surface area contributed by atoms with E-state index in [2.05, 4.69) is 62.4 Å². The van der Waals surface area contributed by atoms with Crippen LogP contribution in [0, 0.1) is 13.8 Å². The fourth-order valence-corrected chi connectivity index (χ4v) is 2.27. The van der Waals surface area contributed by atoms with Crippen molar-refractivity contribution in [2.24, 2.45) is 7.05 Å². The number of nitrogens with one attached hydrogen (secondary N) is 1. The lowest BCUT2D eigenvalue weighted by atomic mass is 10.0. The predicted octanol–water partition coefficient (Wildman–Crippen LogP) is 3.77. The molecule has 19 heavy (non-hydrogen) atoms. The number of rotatable bonds is 4. The molecule has 3 nitrogen and oxygen atoms in total. The van der Waals surface area contributed by atoms with Gasteiger partial charge in [-0.1, -0.05) is 26.0 Å². The Labute approximate surface area is 115 Å². The van der Waals surface area contributed by atoms with E-state index in [4.69, 9.17) is 0 Å². The first-order valence-corrected chi connectivity index (χ1v) is 6.82. The van der Waals surface area contributed by atoms with Crippen molar-refractivity contribution in [3.63, 3.8) is 0 Å². The molecule has 2 aromatic rings. The van der Waals surface area contributed by atoms with Gasteiger partial charge in [0.05, 0.1) is 5.69 Å². The zero-order chi connectivity index (χ0) is 14.0. The third-order valence-corrected chi connectivity index (χ3v) is 3.68. The van der Waals surface area contributed by atoms with Crippen molar-refractivity contribution >= 4 is 5.69 Å². The molecule has 1 aromatic carbocycles. The van der Waals surface area contributed by atoms with Gasteiger partial charge in [-0.05, 0) is 37.5 Å². The smallest absolute Gasteiger partial charge is 0.0646 e. The van der Waals surface area contributed by atoms with E-state index in [0.717, 1.165) is 12.2 Å². The molecule has 0 amide bonds. The van der Waals surface area contributed by atoms with Crippen LogP contribution >= 0.6 is 0 Å². The van der Waals surface area contributed by atoms with Crippen LogP contribution in [0.5, 0.6) is 0 Å². The second kappa shape index (κ2) is 5.47. The minimum Gasteiger partial charge on any atom is -0.381 e. The van der Waals surface area contributed by atoms with Gasteiger partial charge in [-0.2, -0.15) is 5.10 Å². The van der Waals surface area contributed by atoms with Crippen molar-refractivity contribution in [1.82, 2.24) is 9.78 Å². The first-order chi connectivity index (χ1) is 8.99. The molecule has 102 valence electrons. The molecule has 0 saturated carbocycles. The normalized spacial score (nSPS) is 11.1. The van der Waals surface area contributed by atoms with Crippen LogP contribution in [0.1, 0.15) is 42.3 Å². The summed E-state index contributed by atoms with van der Waals surface area (Å²) < 4.78 is 1.94. The SMILES string of the molecule is Cc1nn(C)c(C)c1CNc1cccc(C(C)C)c1. The number of nitrogens with zero attached hydrogens (tertiary/aromatic N) is 2. The van der Waals surface area contributed by atoms with Gasteiger partial charge in [0.1, 0.15) is 0 Å².